The average molecular weight is 539 g/mol. The summed E-state index contributed by atoms with van der Waals surface area (Å²) < 4.78 is 48.9. The molecule has 204 valence electrons. The number of methoxy groups -OCH3 is 4. The molecule has 0 spiro atoms. The Balaban J connectivity index is 1.69. The van der Waals surface area contributed by atoms with Crippen LogP contribution in [0.1, 0.15) is 26.1 Å². The van der Waals surface area contributed by atoms with E-state index in [2.05, 4.69) is 31.0 Å². The van der Waals surface area contributed by atoms with Crippen LogP contribution in [0.3, 0.4) is 0 Å². The number of nitrogens with one attached hydrogen (secondary N) is 3. The second-order valence-electron chi connectivity index (χ2n) is 7.93. The number of amides is 1. The molecule has 0 fully saturated rings. The van der Waals surface area contributed by atoms with Gasteiger partial charge in [0.05, 0.1) is 38.3 Å². The zero-order chi connectivity index (χ0) is 30.3. The van der Waals surface area contributed by atoms with Gasteiger partial charge in [-0.15, -0.1) is 10.2 Å². The number of aromatic nitrogens is 4. The molecule has 0 saturated heterocycles. The van der Waals surface area contributed by atoms with E-state index in [1.165, 1.54) is 20.3 Å². The van der Waals surface area contributed by atoms with Gasteiger partial charge in [-0.1, -0.05) is 11.2 Å². The largest absolute Gasteiger partial charge is 0.497 e. The summed E-state index contributed by atoms with van der Waals surface area (Å²) >= 11 is 0. The van der Waals surface area contributed by atoms with Gasteiger partial charge in [0.1, 0.15) is 18.1 Å². The first-order valence-corrected chi connectivity index (χ1v) is 11.6. The lowest BCUT2D eigenvalue weighted by Crippen LogP contribution is -2.21. The number of benzene rings is 2. The minimum absolute atomic E-state index is 0.135. The topological polar surface area (TPSA) is 155 Å². The summed E-state index contributed by atoms with van der Waals surface area (Å²) in [5, 5.41) is 20.3. The van der Waals surface area contributed by atoms with Crippen molar-refractivity contribution in [2.24, 2.45) is 0 Å². The van der Waals surface area contributed by atoms with Crippen LogP contribution in [0.5, 0.6) is 17.2 Å². The van der Waals surface area contributed by atoms with Crippen molar-refractivity contribution in [1.29, 1.82) is 0 Å². The lowest BCUT2D eigenvalue weighted by Gasteiger charge is -2.16. The van der Waals surface area contributed by atoms with Gasteiger partial charge in [0.15, 0.2) is 17.3 Å². The van der Waals surface area contributed by atoms with Crippen molar-refractivity contribution in [3.8, 4) is 28.6 Å². The van der Waals surface area contributed by atoms with Crippen LogP contribution in [0.25, 0.3) is 11.4 Å². The molecule has 39 heavy (non-hydrogen) atoms. The minimum atomic E-state index is -2.74. The van der Waals surface area contributed by atoms with Crippen LogP contribution < -0.4 is 30.2 Å². The van der Waals surface area contributed by atoms with Crippen LogP contribution in [-0.2, 0) is 17.9 Å². The Hall–Kier alpha value is -4.91. The first kappa shape index (κ1) is 23.2. The molecule has 0 bridgehead atoms. The van der Waals surface area contributed by atoms with E-state index in [1.807, 2.05) is 11.4 Å². The predicted octanol–water partition coefficient (Wildman–Crippen LogP) is 3.41. The maximum Gasteiger partial charge on any atom is 0.273 e. The molecule has 0 saturated carbocycles. The van der Waals surface area contributed by atoms with E-state index in [-0.39, 0.29) is 29.7 Å². The zero-order valence-corrected chi connectivity index (χ0v) is 21.7. The molecule has 2 heterocycles. The number of rotatable bonds is 12. The molecule has 1 amide bonds. The van der Waals surface area contributed by atoms with Gasteiger partial charge in [0.2, 0.25) is 5.82 Å². The lowest BCUT2D eigenvalue weighted by atomic mass is 10.1. The number of ether oxygens (including phenoxy) is 4. The number of anilines is 3. The molecule has 2 aromatic heterocycles. The van der Waals surface area contributed by atoms with Crippen LogP contribution >= 0.6 is 0 Å². The van der Waals surface area contributed by atoms with Gasteiger partial charge in [-0.25, -0.2) is 0 Å². The summed E-state index contributed by atoms with van der Waals surface area (Å²) in [6.45, 7) is -2.31. The first-order valence-electron chi connectivity index (χ1n) is 13.1. The van der Waals surface area contributed by atoms with Crippen LogP contribution in [0.15, 0.2) is 47.0 Å². The van der Waals surface area contributed by atoms with Gasteiger partial charge in [-0.2, -0.15) is 4.98 Å². The molecule has 4 aromatic rings. The number of hydrogen-bond donors (Lipinski definition) is 3. The molecule has 0 aliphatic heterocycles. The summed E-state index contributed by atoms with van der Waals surface area (Å²) in [4.78, 5) is 17.2. The van der Waals surface area contributed by atoms with Crippen molar-refractivity contribution in [2.75, 3.05) is 46.0 Å². The van der Waals surface area contributed by atoms with E-state index in [1.54, 1.807) is 44.6 Å². The Morgan fingerprint density at radius 3 is 2.64 bits per heavy atom. The van der Waals surface area contributed by atoms with Crippen molar-refractivity contribution >= 4 is 23.1 Å². The van der Waals surface area contributed by atoms with Crippen LogP contribution in [0, 0.1) is 0 Å². The summed E-state index contributed by atoms with van der Waals surface area (Å²) in [5.74, 6) is 1.44. The number of carbonyl (C=O) groups excluding carboxylic acids is 1. The monoisotopic (exact) mass is 538 g/mol. The molecule has 3 N–H and O–H groups in total. The van der Waals surface area contributed by atoms with Crippen molar-refractivity contribution in [2.45, 2.75) is 13.2 Å². The zero-order valence-electron chi connectivity index (χ0n) is 24.7. The van der Waals surface area contributed by atoms with Gasteiger partial charge in [-0.05, 0) is 24.3 Å². The molecule has 0 atom stereocenters. The second kappa shape index (κ2) is 12.6. The summed E-state index contributed by atoms with van der Waals surface area (Å²) in [6.07, 6.45) is 0. The first-order chi connectivity index (χ1) is 20.1. The van der Waals surface area contributed by atoms with Gasteiger partial charge in [-0.3, -0.25) is 4.79 Å². The molecule has 0 unspecified atom stereocenters. The van der Waals surface area contributed by atoms with Gasteiger partial charge < -0.3 is 39.4 Å². The lowest BCUT2D eigenvalue weighted by molar-refractivity contribution is 0.0958. The third-order valence-corrected chi connectivity index (χ3v) is 5.54. The minimum Gasteiger partial charge on any atom is -0.497 e. The van der Waals surface area contributed by atoms with Gasteiger partial charge in [0.25, 0.3) is 11.8 Å². The fourth-order valence-corrected chi connectivity index (χ4v) is 3.71. The molecule has 4 rings (SSSR count). The second-order valence-corrected chi connectivity index (χ2v) is 7.93. The Morgan fingerprint density at radius 1 is 1.03 bits per heavy atom. The number of carbonyl (C=O) groups is 1. The Bertz CT molecular complexity index is 1550. The fraction of sp³-hybridized carbons (Fsp3) is 0.269. The van der Waals surface area contributed by atoms with Crippen LogP contribution in [0.4, 0.5) is 17.2 Å². The van der Waals surface area contributed by atoms with Crippen molar-refractivity contribution < 1.29 is 32.4 Å². The molecule has 0 aliphatic carbocycles. The molecular weight excluding hydrogens is 506 g/mol. The smallest absolute Gasteiger partial charge is 0.273 e. The van der Waals surface area contributed by atoms with E-state index in [0.717, 1.165) is 5.56 Å². The maximum atomic E-state index is 12.9. The number of hydrogen-bond acceptors (Lipinski definition) is 12. The third kappa shape index (κ3) is 6.15. The average Bonchev–Trinajstić information content (AvgIpc) is 3.43. The fourth-order valence-electron chi connectivity index (χ4n) is 3.71. The highest BCUT2D eigenvalue weighted by molar-refractivity contribution is 5.98. The third-order valence-electron chi connectivity index (χ3n) is 5.54. The molecule has 0 aliphatic rings. The summed E-state index contributed by atoms with van der Waals surface area (Å²) in [7, 11) is 6.08. The van der Waals surface area contributed by atoms with E-state index in [9.17, 15) is 4.79 Å². The summed E-state index contributed by atoms with van der Waals surface area (Å²) in [6, 6.07) is 12.0. The highest BCUT2D eigenvalue weighted by Crippen LogP contribution is 2.37. The number of nitrogens with zero attached hydrogens (tertiary/aromatic N) is 4. The van der Waals surface area contributed by atoms with E-state index < -0.39 is 12.9 Å². The van der Waals surface area contributed by atoms with Gasteiger partial charge >= 0.3 is 0 Å². The maximum absolute atomic E-state index is 12.9. The van der Waals surface area contributed by atoms with Crippen molar-refractivity contribution in [1.82, 2.24) is 25.7 Å². The van der Waals surface area contributed by atoms with Crippen LogP contribution in [0.2, 0.25) is 0 Å². The van der Waals surface area contributed by atoms with E-state index >= 15 is 0 Å². The predicted molar refractivity (Wildman–Crippen MR) is 143 cm³/mol. The van der Waals surface area contributed by atoms with Crippen molar-refractivity contribution in [3.63, 3.8) is 0 Å². The number of para-hydroxylation sites is 1. The molecule has 0 radical (unpaired) electrons. The van der Waals surface area contributed by atoms with E-state index in [0.29, 0.717) is 40.9 Å². The SMILES string of the molecule is [2H]C([2H])([2H])NC(=O)c1nnc(NCc2ccc(OC)cc2OC)cc1Nc1cccc(-c2noc(COC)n2)c1OC. The Labute approximate surface area is 229 Å². The molecule has 2 aromatic carbocycles. The van der Waals surface area contributed by atoms with E-state index in [4.69, 9.17) is 27.6 Å². The van der Waals surface area contributed by atoms with Gasteiger partial charge in [0, 0.05) is 42.4 Å². The standard InChI is InChI=1S/C26H29N7O6/c1-27-26(34)23-19(12-21(31-32-23)28-13-15-9-10-16(36-3)11-20(15)37-4)29-18-8-6-7-17(24(18)38-5)25-30-22(14-35-2)39-33-25/h6-12H,13-14H2,1-5H3,(H,27,34)(H2,28,29,31)/i1D3. The molecular formula is C26H29N7O6. The Kier molecular flexibility index (Phi) is 7.48. The quantitative estimate of drug-likeness (QED) is 0.242. The van der Waals surface area contributed by atoms with Crippen LogP contribution in [-0.4, -0.2) is 61.7 Å². The van der Waals surface area contributed by atoms with Crippen molar-refractivity contribution in [3.05, 3.63) is 59.6 Å². The molecule has 13 heteroatoms. The highest BCUT2D eigenvalue weighted by atomic mass is 16.5. The highest BCUT2D eigenvalue weighted by Gasteiger charge is 2.20. The summed E-state index contributed by atoms with van der Waals surface area (Å²) in [5.41, 5.74) is 1.61. The normalized spacial score (nSPS) is 12.1. The Morgan fingerprint density at radius 2 is 1.90 bits per heavy atom. The molecule has 13 nitrogen and oxygen atoms in total.